The van der Waals surface area contributed by atoms with Gasteiger partial charge in [-0.15, -0.1) is 11.3 Å². The molecule has 0 bridgehead atoms. The Morgan fingerprint density at radius 2 is 2.10 bits per heavy atom. The quantitative estimate of drug-likeness (QED) is 0.814. The van der Waals surface area contributed by atoms with Gasteiger partial charge in [0.2, 0.25) is 0 Å². The van der Waals surface area contributed by atoms with Gasteiger partial charge in [0.25, 0.3) is 10.0 Å². The number of nitrogens with zero attached hydrogens (tertiary/aromatic N) is 2. The van der Waals surface area contributed by atoms with Crippen LogP contribution in [0.4, 0.5) is 5.69 Å². The van der Waals surface area contributed by atoms with Crippen LogP contribution in [0.5, 0.6) is 0 Å². The minimum atomic E-state index is -3.55. The Labute approximate surface area is 129 Å². The van der Waals surface area contributed by atoms with Crippen LogP contribution in [0.1, 0.15) is 24.4 Å². The molecular formula is C13H20N4O2S2. The number of thiophene rings is 1. The van der Waals surface area contributed by atoms with Crippen LogP contribution in [-0.4, -0.2) is 24.7 Å². The number of sulfonamides is 1. The average molecular weight is 328 g/mol. The van der Waals surface area contributed by atoms with Crippen LogP contribution in [0.3, 0.4) is 0 Å². The summed E-state index contributed by atoms with van der Waals surface area (Å²) < 4.78 is 29.4. The zero-order valence-electron chi connectivity index (χ0n) is 12.4. The minimum absolute atomic E-state index is 0.321. The Bertz CT molecular complexity index is 704. The molecule has 0 spiro atoms. The second-order valence-corrected chi connectivity index (χ2v) is 7.70. The van der Waals surface area contributed by atoms with Gasteiger partial charge in [-0.2, -0.15) is 5.10 Å². The van der Waals surface area contributed by atoms with E-state index in [0.29, 0.717) is 22.9 Å². The molecular weight excluding hydrogens is 308 g/mol. The van der Waals surface area contributed by atoms with Crippen LogP contribution in [0.15, 0.2) is 22.5 Å². The topological polar surface area (TPSA) is 76.0 Å². The number of hydrogen-bond acceptors (Lipinski definition) is 5. The molecule has 6 nitrogen and oxygen atoms in total. The highest BCUT2D eigenvalue weighted by atomic mass is 32.2. The second-order valence-electron chi connectivity index (χ2n) is 4.62. The molecule has 2 heterocycles. The molecule has 2 N–H and O–H groups in total. The first-order chi connectivity index (χ1) is 9.96. The first-order valence-electron chi connectivity index (χ1n) is 6.81. The van der Waals surface area contributed by atoms with E-state index >= 15 is 0 Å². The lowest BCUT2D eigenvalue weighted by Gasteiger charge is -2.05. The molecule has 21 heavy (non-hydrogen) atoms. The van der Waals surface area contributed by atoms with Crippen molar-refractivity contribution >= 4 is 27.0 Å². The summed E-state index contributed by atoms with van der Waals surface area (Å²) in [6.45, 7) is 5.50. The molecule has 0 fully saturated rings. The van der Waals surface area contributed by atoms with Gasteiger partial charge >= 0.3 is 0 Å². The molecule has 0 amide bonds. The van der Waals surface area contributed by atoms with Crippen LogP contribution < -0.4 is 10.0 Å². The van der Waals surface area contributed by atoms with Gasteiger partial charge in [0.1, 0.15) is 4.21 Å². The van der Waals surface area contributed by atoms with Crippen LogP contribution in [0.25, 0.3) is 0 Å². The molecule has 8 heteroatoms. The third kappa shape index (κ3) is 3.84. The van der Waals surface area contributed by atoms with E-state index < -0.39 is 10.0 Å². The molecule has 2 aromatic heterocycles. The number of aryl methyl sites for hydroxylation is 2. The molecule has 116 valence electrons. The molecule has 0 radical (unpaired) electrons. The highest BCUT2D eigenvalue weighted by Gasteiger charge is 2.19. The van der Waals surface area contributed by atoms with Gasteiger partial charge in [0.05, 0.1) is 11.4 Å². The van der Waals surface area contributed by atoms with Gasteiger partial charge in [0.15, 0.2) is 0 Å². The average Bonchev–Trinajstić information content (AvgIpc) is 3.03. The predicted octanol–water partition coefficient (Wildman–Crippen LogP) is 1.95. The van der Waals surface area contributed by atoms with Crippen LogP contribution >= 0.6 is 11.3 Å². The van der Waals surface area contributed by atoms with E-state index in [-0.39, 0.29) is 0 Å². The molecule has 2 rings (SSSR count). The minimum Gasteiger partial charge on any atom is -0.312 e. The molecule has 0 aromatic carbocycles. The maximum atomic E-state index is 12.4. The van der Waals surface area contributed by atoms with Crippen LogP contribution in [0.2, 0.25) is 0 Å². The Kier molecular flexibility index (Phi) is 5.02. The van der Waals surface area contributed by atoms with Crippen molar-refractivity contribution in [3.05, 3.63) is 28.9 Å². The lowest BCUT2D eigenvalue weighted by atomic mass is 10.3. The molecule has 0 saturated carbocycles. The van der Waals surface area contributed by atoms with Gasteiger partial charge in [-0.25, -0.2) is 8.42 Å². The summed E-state index contributed by atoms with van der Waals surface area (Å²) in [4.78, 5) is 0.999. The number of aromatic nitrogens is 2. The Hall–Kier alpha value is -1.38. The van der Waals surface area contributed by atoms with Crippen molar-refractivity contribution < 1.29 is 8.42 Å². The fraction of sp³-hybridized carbons (Fsp3) is 0.462. The van der Waals surface area contributed by atoms with Crippen molar-refractivity contribution in [2.75, 3.05) is 11.3 Å². The lowest BCUT2D eigenvalue weighted by molar-refractivity contribution is 0.603. The summed E-state index contributed by atoms with van der Waals surface area (Å²) in [6.07, 6.45) is 2.36. The zero-order valence-corrected chi connectivity index (χ0v) is 14.0. The molecule has 0 aliphatic rings. The second kappa shape index (κ2) is 6.59. The predicted molar refractivity (Wildman–Crippen MR) is 85.1 cm³/mol. The van der Waals surface area contributed by atoms with E-state index in [4.69, 9.17) is 0 Å². The molecule has 0 aliphatic carbocycles. The Morgan fingerprint density at radius 3 is 2.76 bits per heavy atom. The number of anilines is 1. The summed E-state index contributed by atoms with van der Waals surface area (Å²) in [5, 5.41) is 7.42. The molecule has 0 aliphatic heterocycles. The highest BCUT2D eigenvalue weighted by Crippen LogP contribution is 2.25. The van der Waals surface area contributed by atoms with Crippen molar-refractivity contribution in [2.24, 2.45) is 7.05 Å². The number of rotatable bonds is 7. The third-order valence-corrected chi connectivity index (χ3v) is 5.88. The van der Waals surface area contributed by atoms with E-state index in [9.17, 15) is 8.42 Å². The van der Waals surface area contributed by atoms with Crippen molar-refractivity contribution in [3.8, 4) is 0 Å². The fourth-order valence-electron chi connectivity index (χ4n) is 1.92. The number of hydrogen-bond donors (Lipinski definition) is 2. The zero-order chi connectivity index (χ0) is 15.5. The van der Waals surface area contributed by atoms with E-state index in [1.807, 2.05) is 19.9 Å². The van der Waals surface area contributed by atoms with Crippen molar-refractivity contribution in [1.29, 1.82) is 0 Å². The monoisotopic (exact) mass is 328 g/mol. The summed E-state index contributed by atoms with van der Waals surface area (Å²) >= 11 is 1.28. The van der Waals surface area contributed by atoms with Crippen molar-refractivity contribution in [2.45, 2.75) is 31.0 Å². The van der Waals surface area contributed by atoms with Gasteiger partial charge < -0.3 is 5.32 Å². The number of nitrogens with one attached hydrogen (secondary N) is 2. The van der Waals surface area contributed by atoms with E-state index in [1.165, 1.54) is 11.3 Å². The summed E-state index contributed by atoms with van der Waals surface area (Å²) in [7, 11) is -1.77. The molecule has 0 saturated heterocycles. The van der Waals surface area contributed by atoms with Gasteiger partial charge in [0, 0.05) is 24.7 Å². The van der Waals surface area contributed by atoms with Gasteiger partial charge in [-0.05, 0) is 25.1 Å². The standard InChI is InChI=1S/C13H20N4O2S2/c1-4-11-12(9-17(3)15-11)16-21(18,19)13-7-6-10(20-13)8-14-5-2/h6-7,9,14,16H,4-5,8H2,1-3H3. The highest BCUT2D eigenvalue weighted by molar-refractivity contribution is 7.94. The van der Waals surface area contributed by atoms with Crippen LogP contribution in [0, 0.1) is 0 Å². The normalized spacial score (nSPS) is 11.8. The maximum absolute atomic E-state index is 12.4. The molecule has 2 aromatic rings. The smallest absolute Gasteiger partial charge is 0.271 e. The Balaban J connectivity index is 2.19. The maximum Gasteiger partial charge on any atom is 0.271 e. The van der Waals surface area contributed by atoms with E-state index in [2.05, 4.69) is 15.1 Å². The van der Waals surface area contributed by atoms with Crippen molar-refractivity contribution in [1.82, 2.24) is 15.1 Å². The van der Waals surface area contributed by atoms with Gasteiger partial charge in [-0.1, -0.05) is 13.8 Å². The SMILES string of the molecule is CCNCc1ccc(S(=O)(=O)Nc2cn(C)nc2CC)s1. The molecule has 0 unspecified atom stereocenters. The largest absolute Gasteiger partial charge is 0.312 e. The Morgan fingerprint density at radius 1 is 1.33 bits per heavy atom. The van der Waals surface area contributed by atoms with E-state index in [0.717, 1.165) is 17.1 Å². The van der Waals surface area contributed by atoms with Crippen molar-refractivity contribution in [3.63, 3.8) is 0 Å². The summed E-state index contributed by atoms with van der Waals surface area (Å²) in [5.41, 5.74) is 1.28. The summed E-state index contributed by atoms with van der Waals surface area (Å²) in [6, 6.07) is 3.48. The van der Waals surface area contributed by atoms with Crippen LogP contribution in [-0.2, 0) is 30.0 Å². The summed E-state index contributed by atoms with van der Waals surface area (Å²) in [5.74, 6) is 0. The lowest BCUT2D eigenvalue weighted by Crippen LogP contribution is -2.12. The third-order valence-electron chi connectivity index (χ3n) is 2.94. The first-order valence-corrected chi connectivity index (χ1v) is 9.11. The first kappa shape index (κ1) is 16.0. The fourth-order valence-corrected chi connectivity index (χ4v) is 4.32. The van der Waals surface area contributed by atoms with E-state index in [1.54, 1.807) is 24.0 Å². The molecule has 0 atom stereocenters. The van der Waals surface area contributed by atoms with Gasteiger partial charge in [-0.3, -0.25) is 9.40 Å².